The van der Waals surface area contributed by atoms with Crippen LogP contribution in [0.4, 0.5) is 0 Å². The Morgan fingerprint density at radius 2 is 1.48 bits per heavy atom. The third-order valence-corrected chi connectivity index (χ3v) is 4.65. The zero-order chi connectivity index (χ0) is 19.6. The van der Waals surface area contributed by atoms with Gasteiger partial charge in [0, 0.05) is 12.3 Å². The first kappa shape index (κ1) is 23.1. The number of aliphatic carboxylic acids is 1. The third kappa shape index (κ3) is 13.9. The summed E-state index contributed by atoms with van der Waals surface area (Å²) in [5.41, 5.74) is 1.37. The quantitative estimate of drug-likeness (QED) is 0.286. The highest BCUT2D eigenvalue weighted by Gasteiger charge is 1.97. The summed E-state index contributed by atoms with van der Waals surface area (Å²) in [5.74, 6) is 4.50. The molecule has 0 saturated heterocycles. The van der Waals surface area contributed by atoms with Crippen molar-refractivity contribution >= 4 is 5.97 Å². The van der Waals surface area contributed by atoms with Gasteiger partial charge in [0.15, 0.2) is 0 Å². The number of hydrogen-bond acceptors (Lipinski definition) is 2. The van der Waals surface area contributed by atoms with Gasteiger partial charge in [-0.25, -0.2) is 4.79 Å². The third-order valence-electron chi connectivity index (χ3n) is 4.65. The van der Waals surface area contributed by atoms with Crippen LogP contribution in [0.25, 0.3) is 0 Å². The molecule has 0 aliphatic heterocycles. The fourth-order valence-corrected chi connectivity index (χ4v) is 3.06. The average molecular weight is 373 g/mol. The molecule has 0 fully saturated rings. The largest absolute Gasteiger partial charge is 0.494 e. The molecular weight excluding hydrogens is 336 g/mol. The second kappa shape index (κ2) is 16.2. The number of hydrogen-bond donors (Lipinski definition) is 1. The second-order valence-electron chi connectivity index (χ2n) is 7.13. The van der Waals surface area contributed by atoms with Crippen LogP contribution in [-0.2, 0) is 11.2 Å². The van der Waals surface area contributed by atoms with Gasteiger partial charge in [-0.2, -0.15) is 0 Å². The van der Waals surface area contributed by atoms with Gasteiger partial charge in [0.25, 0.3) is 0 Å². The minimum atomic E-state index is -1.08. The molecule has 3 nitrogen and oxygen atoms in total. The molecule has 150 valence electrons. The number of benzene rings is 1. The maximum Gasteiger partial charge on any atom is 0.381 e. The van der Waals surface area contributed by atoms with E-state index < -0.39 is 5.97 Å². The van der Waals surface area contributed by atoms with Gasteiger partial charge >= 0.3 is 5.97 Å². The van der Waals surface area contributed by atoms with Gasteiger partial charge in [-0.3, -0.25) is 0 Å². The lowest BCUT2D eigenvalue weighted by molar-refractivity contribution is -0.130. The van der Waals surface area contributed by atoms with E-state index in [-0.39, 0.29) is 0 Å². The van der Waals surface area contributed by atoms with Crippen molar-refractivity contribution < 1.29 is 14.6 Å². The summed E-state index contributed by atoms with van der Waals surface area (Å²) in [6.45, 7) is 2.83. The molecular formula is C24H36O3. The van der Waals surface area contributed by atoms with E-state index in [9.17, 15) is 4.79 Å². The Balaban J connectivity index is 2.01. The second-order valence-corrected chi connectivity index (χ2v) is 7.13. The predicted octanol–water partition coefficient (Wildman–Crippen LogP) is 6.40. The van der Waals surface area contributed by atoms with E-state index in [1.165, 1.54) is 69.8 Å². The Morgan fingerprint density at radius 3 is 2.07 bits per heavy atom. The molecule has 0 atom stereocenters. The molecule has 1 aromatic rings. The highest BCUT2D eigenvalue weighted by Crippen LogP contribution is 2.16. The van der Waals surface area contributed by atoms with Crippen LogP contribution >= 0.6 is 0 Å². The maximum atomic E-state index is 10.3. The van der Waals surface area contributed by atoms with Crippen LogP contribution in [0, 0.1) is 11.8 Å². The fourth-order valence-electron chi connectivity index (χ4n) is 3.06. The summed E-state index contributed by atoms with van der Waals surface area (Å²) in [6, 6.07) is 8.34. The first-order valence-electron chi connectivity index (χ1n) is 10.7. The van der Waals surface area contributed by atoms with Crippen molar-refractivity contribution in [3.05, 3.63) is 29.8 Å². The van der Waals surface area contributed by atoms with Gasteiger partial charge in [0.2, 0.25) is 0 Å². The summed E-state index contributed by atoms with van der Waals surface area (Å²) >= 11 is 0. The van der Waals surface area contributed by atoms with Gasteiger partial charge < -0.3 is 9.84 Å². The first-order chi connectivity index (χ1) is 13.2. The molecule has 0 unspecified atom stereocenters. The highest BCUT2D eigenvalue weighted by molar-refractivity contribution is 5.86. The number of ether oxygens (including phenoxy) is 1. The molecule has 1 aromatic carbocycles. The van der Waals surface area contributed by atoms with Crippen LogP contribution in [0.1, 0.15) is 89.5 Å². The van der Waals surface area contributed by atoms with Gasteiger partial charge in [-0.15, -0.1) is 0 Å². The normalized spacial score (nSPS) is 10.3. The Bertz CT molecular complexity index is 551. The molecule has 1 rings (SSSR count). The van der Waals surface area contributed by atoms with Crippen molar-refractivity contribution in [2.24, 2.45) is 0 Å². The smallest absolute Gasteiger partial charge is 0.381 e. The lowest BCUT2D eigenvalue weighted by Crippen LogP contribution is -1.97. The molecule has 0 bridgehead atoms. The highest BCUT2D eigenvalue weighted by atomic mass is 16.5. The molecule has 0 radical (unpaired) electrons. The van der Waals surface area contributed by atoms with Crippen molar-refractivity contribution in [1.29, 1.82) is 0 Å². The van der Waals surface area contributed by atoms with Crippen LogP contribution in [0.3, 0.4) is 0 Å². The van der Waals surface area contributed by atoms with Gasteiger partial charge in [0.1, 0.15) is 5.75 Å². The standard InChI is InChI=1S/C24H36O3/c1-2-3-4-5-6-7-8-9-10-12-15-22-17-19-23(20-18-22)27-21-14-11-13-16-24(25)26/h17-20H,2-12,14-15,21H2,1H3,(H,25,26). The number of aryl methyl sites for hydroxylation is 1. The molecule has 27 heavy (non-hydrogen) atoms. The summed E-state index contributed by atoms with van der Waals surface area (Å²) in [5, 5.41) is 8.42. The Morgan fingerprint density at radius 1 is 0.889 bits per heavy atom. The number of carboxylic acids is 1. The van der Waals surface area contributed by atoms with Crippen LogP contribution < -0.4 is 4.74 Å². The van der Waals surface area contributed by atoms with E-state index in [0.29, 0.717) is 13.0 Å². The van der Waals surface area contributed by atoms with Gasteiger partial charge in [-0.1, -0.05) is 82.8 Å². The SMILES string of the molecule is CCCCCCCCCCCCc1ccc(OCCCC#CC(=O)O)cc1. The number of carboxylic acid groups (broad SMARTS) is 1. The van der Waals surface area contributed by atoms with Crippen molar-refractivity contribution in [2.75, 3.05) is 6.61 Å². The predicted molar refractivity (Wildman–Crippen MR) is 112 cm³/mol. The summed E-state index contributed by atoms with van der Waals surface area (Å²) in [6.07, 6.45) is 16.1. The van der Waals surface area contributed by atoms with Crippen LogP contribution in [0.2, 0.25) is 0 Å². The lowest BCUT2D eigenvalue weighted by Gasteiger charge is -2.07. The summed E-state index contributed by atoms with van der Waals surface area (Å²) in [4.78, 5) is 10.3. The van der Waals surface area contributed by atoms with E-state index in [1.807, 2.05) is 12.1 Å². The molecule has 0 heterocycles. The van der Waals surface area contributed by atoms with E-state index in [0.717, 1.165) is 18.6 Å². The van der Waals surface area contributed by atoms with Gasteiger partial charge in [0.05, 0.1) is 6.61 Å². The molecule has 0 aliphatic carbocycles. The zero-order valence-electron chi connectivity index (χ0n) is 17.0. The number of carbonyl (C=O) groups is 1. The molecule has 0 saturated carbocycles. The molecule has 0 aliphatic rings. The van der Waals surface area contributed by atoms with E-state index in [1.54, 1.807) is 0 Å². The monoisotopic (exact) mass is 372 g/mol. The van der Waals surface area contributed by atoms with Crippen LogP contribution in [0.15, 0.2) is 24.3 Å². The minimum absolute atomic E-state index is 0.545. The molecule has 3 heteroatoms. The van der Waals surface area contributed by atoms with Crippen molar-refractivity contribution in [1.82, 2.24) is 0 Å². The van der Waals surface area contributed by atoms with E-state index in [2.05, 4.69) is 30.9 Å². The van der Waals surface area contributed by atoms with Crippen molar-refractivity contribution in [3.8, 4) is 17.6 Å². The summed E-state index contributed by atoms with van der Waals surface area (Å²) in [7, 11) is 0. The van der Waals surface area contributed by atoms with Crippen molar-refractivity contribution in [3.63, 3.8) is 0 Å². The minimum Gasteiger partial charge on any atom is -0.494 e. The first-order valence-corrected chi connectivity index (χ1v) is 10.7. The Hall–Kier alpha value is -1.95. The van der Waals surface area contributed by atoms with E-state index in [4.69, 9.17) is 9.84 Å². The summed E-state index contributed by atoms with van der Waals surface area (Å²) < 4.78 is 5.66. The topological polar surface area (TPSA) is 46.5 Å². The van der Waals surface area contributed by atoms with Gasteiger partial charge in [-0.05, 0) is 37.0 Å². The fraction of sp³-hybridized carbons (Fsp3) is 0.625. The average Bonchev–Trinajstić information content (AvgIpc) is 2.67. The number of rotatable bonds is 15. The van der Waals surface area contributed by atoms with Crippen LogP contribution in [0.5, 0.6) is 5.75 Å². The van der Waals surface area contributed by atoms with Crippen molar-refractivity contribution in [2.45, 2.75) is 90.4 Å². The molecule has 0 aromatic heterocycles. The Kier molecular flexibility index (Phi) is 13.9. The van der Waals surface area contributed by atoms with Crippen LogP contribution in [-0.4, -0.2) is 17.7 Å². The number of unbranched alkanes of at least 4 members (excludes halogenated alkanes) is 10. The zero-order valence-corrected chi connectivity index (χ0v) is 17.0. The van der Waals surface area contributed by atoms with E-state index >= 15 is 0 Å². The lowest BCUT2D eigenvalue weighted by atomic mass is 10.0. The maximum absolute atomic E-state index is 10.3. The molecule has 1 N–H and O–H groups in total. The molecule has 0 amide bonds. The Labute approximate surface area is 165 Å². The molecule has 0 spiro atoms.